The molecule has 0 unspecified atom stereocenters. The van der Waals surface area contributed by atoms with Crippen molar-refractivity contribution in [2.75, 3.05) is 31.7 Å². The molecule has 0 radical (unpaired) electrons. The molecule has 27 heavy (non-hydrogen) atoms. The van der Waals surface area contributed by atoms with Gasteiger partial charge in [0.15, 0.2) is 18.1 Å². The number of nitrogens with zero attached hydrogens (tertiary/aromatic N) is 2. The fourth-order valence-electron chi connectivity index (χ4n) is 3.13. The van der Waals surface area contributed by atoms with Crippen molar-refractivity contribution in [3.63, 3.8) is 0 Å². The van der Waals surface area contributed by atoms with Gasteiger partial charge in [-0.25, -0.2) is 4.98 Å². The van der Waals surface area contributed by atoms with Crippen LogP contribution >= 0.6 is 0 Å². The van der Waals surface area contributed by atoms with Gasteiger partial charge in [0.2, 0.25) is 0 Å². The monoisotopic (exact) mass is 371 g/mol. The number of hydrogen-bond donors (Lipinski definition) is 2. The first-order chi connectivity index (χ1) is 13.2. The number of para-hydroxylation sites is 2. The van der Waals surface area contributed by atoms with E-state index >= 15 is 0 Å². The van der Waals surface area contributed by atoms with Gasteiger partial charge in [0.25, 0.3) is 5.91 Å². The SMILES string of the molecule is COc1ccccc1OCC(=O)NCc1cccnc1N1CCC[C@H](O)C1. The fourth-order valence-corrected chi connectivity index (χ4v) is 3.13. The number of benzene rings is 1. The fraction of sp³-hybridized carbons (Fsp3) is 0.400. The molecule has 0 saturated carbocycles. The third-order valence-electron chi connectivity index (χ3n) is 4.47. The molecule has 1 aliphatic rings. The predicted octanol–water partition coefficient (Wildman–Crippen LogP) is 1.75. The summed E-state index contributed by atoms with van der Waals surface area (Å²) in [6, 6.07) is 11.0. The molecule has 1 atom stereocenters. The number of aliphatic hydroxyl groups is 1. The van der Waals surface area contributed by atoms with Crippen LogP contribution in [-0.2, 0) is 11.3 Å². The van der Waals surface area contributed by atoms with Crippen molar-refractivity contribution < 1.29 is 19.4 Å². The summed E-state index contributed by atoms with van der Waals surface area (Å²) >= 11 is 0. The van der Waals surface area contributed by atoms with E-state index in [0.717, 1.165) is 30.8 Å². The van der Waals surface area contributed by atoms with Gasteiger partial charge in [-0.2, -0.15) is 0 Å². The largest absolute Gasteiger partial charge is 0.493 e. The molecule has 0 aliphatic carbocycles. The lowest BCUT2D eigenvalue weighted by atomic mass is 10.1. The maximum atomic E-state index is 12.2. The van der Waals surface area contributed by atoms with E-state index in [1.165, 1.54) is 0 Å². The topological polar surface area (TPSA) is 83.9 Å². The molecule has 1 aliphatic heterocycles. The van der Waals surface area contributed by atoms with E-state index in [2.05, 4.69) is 15.2 Å². The molecule has 7 heteroatoms. The van der Waals surface area contributed by atoms with E-state index in [4.69, 9.17) is 9.47 Å². The normalized spacial score (nSPS) is 16.7. The zero-order valence-electron chi connectivity index (χ0n) is 15.4. The Morgan fingerprint density at radius 3 is 2.89 bits per heavy atom. The van der Waals surface area contributed by atoms with Gasteiger partial charge >= 0.3 is 0 Å². The van der Waals surface area contributed by atoms with Gasteiger partial charge in [0.05, 0.1) is 13.2 Å². The van der Waals surface area contributed by atoms with Gasteiger partial charge in [-0.3, -0.25) is 4.79 Å². The Kier molecular flexibility index (Phi) is 6.49. The van der Waals surface area contributed by atoms with Crippen LogP contribution in [0.25, 0.3) is 0 Å². The predicted molar refractivity (Wildman–Crippen MR) is 102 cm³/mol. The highest BCUT2D eigenvalue weighted by atomic mass is 16.5. The number of aliphatic hydroxyl groups excluding tert-OH is 1. The van der Waals surface area contributed by atoms with Crippen molar-refractivity contribution >= 4 is 11.7 Å². The summed E-state index contributed by atoms with van der Waals surface area (Å²) < 4.78 is 10.8. The molecule has 1 fully saturated rings. The van der Waals surface area contributed by atoms with Gasteiger partial charge in [-0.05, 0) is 31.0 Å². The molecule has 2 heterocycles. The van der Waals surface area contributed by atoms with Crippen LogP contribution in [0.4, 0.5) is 5.82 Å². The number of pyridine rings is 1. The van der Waals surface area contributed by atoms with E-state index in [1.54, 1.807) is 25.4 Å². The van der Waals surface area contributed by atoms with Gasteiger partial charge < -0.3 is 24.8 Å². The Hall–Kier alpha value is -2.80. The minimum absolute atomic E-state index is 0.0988. The number of carbonyl (C=O) groups is 1. The number of β-amino-alcohol motifs (C(OH)–C–C–N with tert-alkyl or cyclic N) is 1. The van der Waals surface area contributed by atoms with Crippen LogP contribution in [0.5, 0.6) is 11.5 Å². The van der Waals surface area contributed by atoms with Gasteiger partial charge in [0, 0.05) is 31.4 Å². The number of amides is 1. The van der Waals surface area contributed by atoms with E-state index in [0.29, 0.717) is 24.6 Å². The van der Waals surface area contributed by atoms with E-state index in [9.17, 15) is 9.90 Å². The Morgan fingerprint density at radius 2 is 2.11 bits per heavy atom. The Labute approximate surface area is 158 Å². The van der Waals surface area contributed by atoms with E-state index in [-0.39, 0.29) is 18.6 Å². The van der Waals surface area contributed by atoms with Crippen LogP contribution in [0, 0.1) is 0 Å². The Morgan fingerprint density at radius 1 is 1.30 bits per heavy atom. The number of hydrogen-bond acceptors (Lipinski definition) is 6. The Bertz CT molecular complexity index is 768. The average molecular weight is 371 g/mol. The van der Waals surface area contributed by atoms with E-state index in [1.807, 2.05) is 24.3 Å². The molecular formula is C20H25N3O4. The first kappa shape index (κ1) is 19.0. The van der Waals surface area contributed by atoms with E-state index < -0.39 is 0 Å². The standard InChI is InChI=1S/C20H25N3O4/c1-26-17-8-2-3-9-18(17)27-14-19(25)22-12-15-6-4-10-21-20(15)23-11-5-7-16(24)13-23/h2-4,6,8-10,16,24H,5,7,11-14H2,1H3,(H,22,25)/t16-/m0/s1. The van der Waals surface area contributed by atoms with Crippen molar-refractivity contribution in [3.8, 4) is 11.5 Å². The minimum atomic E-state index is -0.336. The molecule has 0 spiro atoms. The summed E-state index contributed by atoms with van der Waals surface area (Å²) in [5.41, 5.74) is 0.914. The van der Waals surface area contributed by atoms with Crippen molar-refractivity contribution in [3.05, 3.63) is 48.2 Å². The second kappa shape index (κ2) is 9.23. The van der Waals surface area contributed by atoms with Gasteiger partial charge in [0.1, 0.15) is 5.82 Å². The lowest BCUT2D eigenvalue weighted by molar-refractivity contribution is -0.123. The van der Waals surface area contributed by atoms with Gasteiger partial charge in [-0.1, -0.05) is 18.2 Å². The summed E-state index contributed by atoms with van der Waals surface area (Å²) in [5, 5.41) is 12.8. The number of ether oxygens (including phenoxy) is 2. The maximum Gasteiger partial charge on any atom is 0.258 e. The van der Waals surface area contributed by atoms with Crippen molar-refractivity contribution in [1.82, 2.24) is 10.3 Å². The molecule has 1 aromatic carbocycles. The highest BCUT2D eigenvalue weighted by molar-refractivity contribution is 5.77. The molecule has 144 valence electrons. The third kappa shape index (κ3) is 5.10. The number of anilines is 1. The van der Waals surface area contributed by atoms with Gasteiger partial charge in [-0.15, -0.1) is 0 Å². The van der Waals surface area contributed by atoms with Crippen LogP contribution in [0.1, 0.15) is 18.4 Å². The lowest BCUT2D eigenvalue weighted by Crippen LogP contribution is -2.39. The Balaban J connectivity index is 1.56. The smallest absolute Gasteiger partial charge is 0.258 e. The highest BCUT2D eigenvalue weighted by Gasteiger charge is 2.21. The van der Waals surface area contributed by atoms with Crippen LogP contribution in [0.3, 0.4) is 0 Å². The number of piperidine rings is 1. The molecule has 2 N–H and O–H groups in total. The minimum Gasteiger partial charge on any atom is -0.493 e. The van der Waals surface area contributed by atoms with Crippen LogP contribution in [0.15, 0.2) is 42.6 Å². The zero-order valence-corrected chi connectivity index (χ0v) is 15.4. The first-order valence-corrected chi connectivity index (χ1v) is 9.07. The maximum absolute atomic E-state index is 12.2. The average Bonchev–Trinajstić information content (AvgIpc) is 2.71. The number of aromatic nitrogens is 1. The molecular weight excluding hydrogens is 346 g/mol. The second-order valence-corrected chi connectivity index (χ2v) is 6.44. The number of rotatable bonds is 7. The van der Waals surface area contributed by atoms with Crippen LogP contribution < -0.4 is 19.7 Å². The number of carbonyl (C=O) groups excluding carboxylic acids is 1. The summed E-state index contributed by atoms with van der Waals surface area (Å²) in [5.74, 6) is 1.69. The molecule has 1 saturated heterocycles. The first-order valence-electron chi connectivity index (χ1n) is 9.07. The van der Waals surface area contributed by atoms with Crippen molar-refractivity contribution in [2.45, 2.75) is 25.5 Å². The zero-order chi connectivity index (χ0) is 19.1. The molecule has 0 bridgehead atoms. The second-order valence-electron chi connectivity index (χ2n) is 6.44. The summed E-state index contributed by atoms with van der Waals surface area (Å²) in [4.78, 5) is 18.7. The summed E-state index contributed by atoms with van der Waals surface area (Å²) in [6.45, 7) is 1.67. The number of methoxy groups -OCH3 is 1. The van der Waals surface area contributed by atoms with Crippen LogP contribution in [-0.4, -0.2) is 48.9 Å². The molecule has 7 nitrogen and oxygen atoms in total. The molecule has 1 amide bonds. The molecule has 1 aromatic heterocycles. The molecule has 2 aromatic rings. The van der Waals surface area contributed by atoms with Crippen LogP contribution in [0.2, 0.25) is 0 Å². The van der Waals surface area contributed by atoms with Crippen molar-refractivity contribution in [2.24, 2.45) is 0 Å². The number of nitrogens with one attached hydrogen (secondary N) is 1. The third-order valence-corrected chi connectivity index (χ3v) is 4.47. The molecule has 3 rings (SSSR count). The highest BCUT2D eigenvalue weighted by Crippen LogP contribution is 2.25. The summed E-state index contributed by atoms with van der Waals surface area (Å²) in [6.07, 6.45) is 3.13. The summed E-state index contributed by atoms with van der Waals surface area (Å²) in [7, 11) is 1.56. The lowest BCUT2D eigenvalue weighted by Gasteiger charge is -2.32. The quantitative estimate of drug-likeness (QED) is 0.771. The van der Waals surface area contributed by atoms with Crippen molar-refractivity contribution in [1.29, 1.82) is 0 Å².